The molecule has 2 amide bonds. The van der Waals surface area contributed by atoms with Crippen molar-refractivity contribution < 1.29 is 9.59 Å². The molecule has 3 aromatic rings. The SMILES string of the molecule is CC(=O)Nc1ccc(-c2ccnc(Nc3cccc(N4CCN(C(=O)C(C)(C)C)CC4)c3)n2)cc1. The molecular weight excluding hydrogens is 440 g/mol. The smallest absolute Gasteiger partial charge is 0.228 e. The van der Waals surface area contributed by atoms with Crippen LogP contribution in [0.2, 0.25) is 0 Å². The van der Waals surface area contributed by atoms with Crippen molar-refractivity contribution in [3.8, 4) is 11.3 Å². The number of rotatable bonds is 5. The summed E-state index contributed by atoms with van der Waals surface area (Å²) >= 11 is 0. The largest absolute Gasteiger partial charge is 0.368 e. The molecule has 0 spiro atoms. The van der Waals surface area contributed by atoms with E-state index in [4.69, 9.17) is 0 Å². The molecule has 1 saturated heterocycles. The minimum absolute atomic E-state index is 0.103. The molecule has 0 bridgehead atoms. The molecule has 182 valence electrons. The van der Waals surface area contributed by atoms with Crippen LogP contribution in [0.5, 0.6) is 0 Å². The number of aromatic nitrogens is 2. The van der Waals surface area contributed by atoms with E-state index in [0.717, 1.165) is 54.5 Å². The Morgan fingerprint density at radius 2 is 1.63 bits per heavy atom. The van der Waals surface area contributed by atoms with Gasteiger partial charge in [-0.2, -0.15) is 0 Å². The normalized spacial score (nSPS) is 13.9. The number of hydrogen-bond acceptors (Lipinski definition) is 6. The fraction of sp³-hybridized carbons (Fsp3) is 0.333. The maximum atomic E-state index is 12.6. The topological polar surface area (TPSA) is 90.5 Å². The van der Waals surface area contributed by atoms with E-state index in [-0.39, 0.29) is 17.2 Å². The average molecular weight is 473 g/mol. The van der Waals surface area contributed by atoms with Gasteiger partial charge >= 0.3 is 0 Å². The maximum Gasteiger partial charge on any atom is 0.228 e. The molecule has 1 fully saturated rings. The van der Waals surface area contributed by atoms with Gasteiger partial charge in [0.1, 0.15) is 0 Å². The number of hydrogen-bond donors (Lipinski definition) is 2. The zero-order valence-electron chi connectivity index (χ0n) is 20.7. The van der Waals surface area contributed by atoms with Crippen LogP contribution in [-0.4, -0.2) is 52.9 Å². The van der Waals surface area contributed by atoms with Crippen molar-refractivity contribution >= 4 is 34.8 Å². The average Bonchev–Trinajstić information content (AvgIpc) is 2.83. The van der Waals surface area contributed by atoms with Crippen LogP contribution < -0.4 is 15.5 Å². The van der Waals surface area contributed by atoms with Crippen molar-refractivity contribution in [2.24, 2.45) is 5.41 Å². The minimum atomic E-state index is -0.353. The number of carbonyl (C=O) groups excluding carboxylic acids is 2. The molecule has 0 aliphatic carbocycles. The van der Waals surface area contributed by atoms with Crippen LogP contribution in [0.4, 0.5) is 23.0 Å². The molecule has 2 N–H and O–H groups in total. The Balaban J connectivity index is 1.42. The highest BCUT2D eigenvalue weighted by Gasteiger charge is 2.29. The number of anilines is 4. The van der Waals surface area contributed by atoms with Crippen molar-refractivity contribution in [1.82, 2.24) is 14.9 Å². The Hall–Kier alpha value is -3.94. The first-order valence-corrected chi connectivity index (χ1v) is 11.8. The van der Waals surface area contributed by atoms with Crippen LogP contribution in [0.15, 0.2) is 60.8 Å². The molecule has 0 atom stereocenters. The van der Waals surface area contributed by atoms with Crippen LogP contribution in [0.3, 0.4) is 0 Å². The summed E-state index contributed by atoms with van der Waals surface area (Å²) in [6.07, 6.45) is 1.72. The third-order valence-corrected chi connectivity index (χ3v) is 5.83. The number of carbonyl (C=O) groups is 2. The van der Waals surface area contributed by atoms with E-state index in [1.165, 1.54) is 6.92 Å². The molecule has 35 heavy (non-hydrogen) atoms. The van der Waals surface area contributed by atoms with E-state index >= 15 is 0 Å². The highest BCUT2D eigenvalue weighted by atomic mass is 16.2. The van der Waals surface area contributed by atoms with Crippen LogP contribution in [0, 0.1) is 5.41 Å². The summed E-state index contributed by atoms with van der Waals surface area (Å²) in [4.78, 5) is 37.1. The standard InChI is InChI=1S/C27H32N6O2/c1-19(34)29-21-10-8-20(9-11-21)24-12-13-28-26(31-24)30-22-6-5-7-23(18-22)32-14-16-33(17-15-32)25(35)27(2,3)4/h5-13,18H,14-17H2,1-4H3,(H,29,34)(H,28,30,31). The van der Waals surface area contributed by atoms with Gasteiger partial charge in [-0.3, -0.25) is 9.59 Å². The maximum absolute atomic E-state index is 12.6. The van der Waals surface area contributed by atoms with Gasteiger partial charge in [0.2, 0.25) is 17.8 Å². The monoisotopic (exact) mass is 472 g/mol. The number of amides is 2. The lowest BCUT2D eigenvalue weighted by Crippen LogP contribution is -2.51. The first-order valence-electron chi connectivity index (χ1n) is 11.8. The molecule has 0 radical (unpaired) electrons. The molecule has 1 aliphatic rings. The molecule has 1 aliphatic heterocycles. The second-order valence-corrected chi connectivity index (χ2v) is 9.73. The van der Waals surface area contributed by atoms with Gasteiger partial charge in [-0.1, -0.05) is 39.0 Å². The Morgan fingerprint density at radius 1 is 0.914 bits per heavy atom. The van der Waals surface area contributed by atoms with Gasteiger partial charge in [-0.25, -0.2) is 9.97 Å². The fourth-order valence-electron chi connectivity index (χ4n) is 4.06. The van der Waals surface area contributed by atoms with E-state index < -0.39 is 0 Å². The predicted molar refractivity (Wildman–Crippen MR) is 140 cm³/mol. The zero-order chi connectivity index (χ0) is 25.0. The molecular formula is C27H32N6O2. The molecule has 8 heteroatoms. The Labute approximate surface area is 206 Å². The number of nitrogens with zero attached hydrogens (tertiary/aromatic N) is 4. The summed E-state index contributed by atoms with van der Waals surface area (Å²) in [6.45, 7) is 10.4. The number of piperazine rings is 1. The Kier molecular flexibility index (Phi) is 7.00. The molecule has 2 heterocycles. The number of benzene rings is 2. The van der Waals surface area contributed by atoms with Gasteiger partial charge in [0.05, 0.1) is 5.69 Å². The Morgan fingerprint density at radius 3 is 2.29 bits per heavy atom. The quantitative estimate of drug-likeness (QED) is 0.567. The molecule has 0 unspecified atom stereocenters. The van der Waals surface area contributed by atoms with Crippen molar-refractivity contribution in [3.63, 3.8) is 0 Å². The van der Waals surface area contributed by atoms with Crippen LogP contribution >= 0.6 is 0 Å². The highest BCUT2D eigenvalue weighted by molar-refractivity contribution is 5.89. The molecule has 8 nitrogen and oxygen atoms in total. The van der Waals surface area contributed by atoms with Crippen LogP contribution in [-0.2, 0) is 9.59 Å². The highest BCUT2D eigenvalue weighted by Crippen LogP contribution is 2.26. The van der Waals surface area contributed by atoms with Gasteiger partial charge in [-0.05, 0) is 36.4 Å². The van der Waals surface area contributed by atoms with E-state index in [1.54, 1.807) is 6.20 Å². The van der Waals surface area contributed by atoms with Gasteiger partial charge < -0.3 is 20.4 Å². The summed E-state index contributed by atoms with van der Waals surface area (Å²) < 4.78 is 0. The lowest BCUT2D eigenvalue weighted by Gasteiger charge is -2.38. The minimum Gasteiger partial charge on any atom is -0.368 e. The first kappa shape index (κ1) is 24.2. The van der Waals surface area contributed by atoms with E-state index in [0.29, 0.717) is 5.95 Å². The third-order valence-electron chi connectivity index (χ3n) is 5.83. The first-order chi connectivity index (χ1) is 16.7. The zero-order valence-corrected chi connectivity index (χ0v) is 20.7. The van der Waals surface area contributed by atoms with E-state index in [2.05, 4.69) is 37.6 Å². The van der Waals surface area contributed by atoms with Gasteiger partial charge in [0.15, 0.2) is 0 Å². The third kappa shape index (κ3) is 6.15. The molecule has 0 saturated carbocycles. The predicted octanol–water partition coefficient (Wildman–Crippen LogP) is 4.54. The second kappa shape index (κ2) is 10.1. The summed E-state index contributed by atoms with van der Waals surface area (Å²) in [5, 5.41) is 6.07. The fourth-order valence-corrected chi connectivity index (χ4v) is 4.06. The van der Waals surface area contributed by atoms with Gasteiger partial charge in [-0.15, -0.1) is 0 Å². The second-order valence-electron chi connectivity index (χ2n) is 9.73. The van der Waals surface area contributed by atoms with Gasteiger partial charge in [0, 0.05) is 67.3 Å². The van der Waals surface area contributed by atoms with Crippen molar-refractivity contribution in [3.05, 3.63) is 60.8 Å². The van der Waals surface area contributed by atoms with Crippen LogP contribution in [0.25, 0.3) is 11.3 Å². The number of nitrogens with one attached hydrogen (secondary N) is 2. The molecule has 2 aromatic carbocycles. The summed E-state index contributed by atoms with van der Waals surface area (Å²) in [5.41, 5.74) is 4.10. The van der Waals surface area contributed by atoms with E-state index in [9.17, 15) is 9.59 Å². The lowest BCUT2D eigenvalue weighted by molar-refractivity contribution is -0.139. The van der Waals surface area contributed by atoms with Gasteiger partial charge in [0.25, 0.3) is 0 Å². The lowest BCUT2D eigenvalue weighted by atomic mass is 9.94. The van der Waals surface area contributed by atoms with E-state index in [1.807, 2.05) is 68.1 Å². The summed E-state index contributed by atoms with van der Waals surface area (Å²) in [6, 6.07) is 17.6. The molecule has 4 rings (SSSR count). The van der Waals surface area contributed by atoms with Crippen molar-refractivity contribution in [1.29, 1.82) is 0 Å². The van der Waals surface area contributed by atoms with Crippen LogP contribution in [0.1, 0.15) is 27.7 Å². The summed E-state index contributed by atoms with van der Waals surface area (Å²) in [5.74, 6) is 0.606. The van der Waals surface area contributed by atoms with Crippen molar-refractivity contribution in [2.45, 2.75) is 27.7 Å². The molecule has 1 aromatic heterocycles. The Bertz CT molecular complexity index is 1190. The van der Waals surface area contributed by atoms with Crippen molar-refractivity contribution in [2.75, 3.05) is 41.7 Å². The summed E-state index contributed by atoms with van der Waals surface area (Å²) in [7, 11) is 0.